The topological polar surface area (TPSA) is 37.2 Å². The van der Waals surface area contributed by atoms with E-state index in [2.05, 4.69) is 24.3 Å². The molecule has 0 N–H and O–H groups in total. The second kappa shape index (κ2) is 6.18. The normalized spacial score (nSPS) is 19.4. The van der Waals surface area contributed by atoms with Gasteiger partial charge in [-0.05, 0) is 19.3 Å². The standard InChI is InChI=1S/C15H20ClN5S/c16-14-13(22-15(18-14)20-5-1-2-6-20)10-19-4-3-7-21-11-17-8-12(21)9-19/h8,11H,1-7,9-10H2. The number of nitrogens with zero attached hydrogens (tertiary/aromatic N) is 5. The SMILES string of the molecule is Clc1nc(N2CCCC2)sc1CN1CCCn2cncc2C1. The van der Waals surface area contributed by atoms with E-state index in [0.29, 0.717) is 5.15 Å². The van der Waals surface area contributed by atoms with Gasteiger partial charge in [-0.15, -0.1) is 0 Å². The maximum absolute atomic E-state index is 6.39. The first kappa shape index (κ1) is 14.5. The highest BCUT2D eigenvalue weighted by Crippen LogP contribution is 2.33. The fraction of sp³-hybridized carbons (Fsp3) is 0.600. The van der Waals surface area contributed by atoms with E-state index in [1.54, 1.807) is 11.3 Å². The van der Waals surface area contributed by atoms with Crippen LogP contribution in [0.4, 0.5) is 5.13 Å². The van der Waals surface area contributed by atoms with E-state index >= 15 is 0 Å². The molecule has 2 aliphatic heterocycles. The molecule has 0 bridgehead atoms. The summed E-state index contributed by atoms with van der Waals surface area (Å²) in [5, 5.41) is 1.78. The summed E-state index contributed by atoms with van der Waals surface area (Å²) in [4.78, 5) is 14.8. The van der Waals surface area contributed by atoms with Gasteiger partial charge in [-0.25, -0.2) is 9.97 Å². The molecule has 0 unspecified atom stereocenters. The minimum atomic E-state index is 0.685. The van der Waals surface area contributed by atoms with Crippen LogP contribution in [0.3, 0.4) is 0 Å². The zero-order valence-electron chi connectivity index (χ0n) is 12.5. The Hall–Kier alpha value is -1.11. The molecule has 1 saturated heterocycles. The molecule has 0 spiro atoms. The van der Waals surface area contributed by atoms with Crippen LogP contribution in [0.25, 0.3) is 0 Å². The Morgan fingerprint density at radius 2 is 2.00 bits per heavy atom. The maximum Gasteiger partial charge on any atom is 0.187 e. The minimum absolute atomic E-state index is 0.685. The van der Waals surface area contributed by atoms with Crippen molar-refractivity contribution < 1.29 is 0 Å². The van der Waals surface area contributed by atoms with Crippen LogP contribution in [0.5, 0.6) is 0 Å². The van der Waals surface area contributed by atoms with Crippen molar-refractivity contribution in [2.45, 2.75) is 38.9 Å². The van der Waals surface area contributed by atoms with Gasteiger partial charge in [0.15, 0.2) is 5.13 Å². The van der Waals surface area contributed by atoms with Crippen LogP contribution in [-0.4, -0.2) is 39.1 Å². The summed E-state index contributed by atoms with van der Waals surface area (Å²) >= 11 is 8.15. The summed E-state index contributed by atoms with van der Waals surface area (Å²) in [5.41, 5.74) is 1.29. The van der Waals surface area contributed by atoms with Gasteiger partial charge in [0.2, 0.25) is 0 Å². The number of fused-ring (bicyclic) bond motifs is 1. The lowest BCUT2D eigenvalue weighted by atomic mass is 10.3. The van der Waals surface area contributed by atoms with E-state index < -0.39 is 0 Å². The molecule has 2 aromatic rings. The van der Waals surface area contributed by atoms with Gasteiger partial charge in [-0.3, -0.25) is 4.90 Å². The zero-order valence-corrected chi connectivity index (χ0v) is 14.1. The lowest BCUT2D eigenvalue weighted by Gasteiger charge is -2.18. The van der Waals surface area contributed by atoms with E-state index in [1.165, 1.54) is 23.4 Å². The molecule has 4 heterocycles. The van der Waals surface area contributed by atoms with Crippen LogP contribution in [-0.2, 0) is 19.6 Å². The number of aromatic nitrogens is 3. The Labute approximate surface area is 139 Å². The van der Waals surface area contributed by atoms with Gasteiger partial charge in [0.05, 0.1) is 16.9 Å². The van der Waals surface area contributed by atoms with Crippen LogP contribution in [0.1, 0.15) is 29.8 Å². The van der Waals surface area contributed by atoms with Crippen molar-refractivity contribution in [2.75, 3.05) is 24.5 Å². The summed E-state index contributed by atoms with van der Waals surface area (Å²) in [5.74, 6) is 0. The summed E-state index contributed by atoms with van der Waals surface area (Å²) in [6.45, 7) is 6.21. The average Bonchev–Trinajstić information content (AvgIpc) is 3.21. The lowest BCUT2D eigenvalue weighted by Crippen LogP contribution is -2.22. The van der Waals surface area contributed by atoms with Crippen LogP contribution in [0.2, 0.25) is 5.15 Å². The van der Waals surface area contributed by atoms with Gasteiger partial charge >= 0.3 is 0 Å². The van der Waals surface area contributed by atoms with Crippen LogP contribution < -0.4 is 4.90 Å². The average molecular weight is 338 g/mol. The van der Waals surface area contributed by atoms with Crippen molar-refractivity contribution in [3.63, 3.8) is 0 Å². The third-order valence-corrected chi connectivity index (χ3v) is 5.97. The second-order valence-corrected chi connectivity index (χ2v) is 7.47. The van der Waals surface area contributed by atoms with Crippen LogP contribution in [0, 0.1) is 0 Å². The Morgan fingerprint density at radius 3 is 2.86 bits per heavy atom. The van der Waals surface area contributed by atoms with Gasteiger partial charge < -0.3 is 9.47 Å². The molecule has 0 atom stereocenters. The Bertz CT molecular complexity index is 646. The first-order valence-electron chi connectivity index (χ1n) is 7.91. The van der Waals surface area contributed by atoms with E-state index in [-0.39, 0.29) is 0 Å². The van der Waals surface area contributed by atoms with Crippen molar-refractivity contribution >= 4 is 28.1 Å². The number of anilines is 1. The molecule has 0 aliphatic carbocycles. The minimum Gasteiger partial charge on any atom is -0.348 e. The van der Waals surface area contributed by atoms with E-state index in [4.69, 9.17) is 11.6 Å². The molecule has 4 rings (SSSR count). The zero-order chi connectivity index (χ0) is 14.9. The van der Waals surface area contributed by atoms with Crippen molar-refractivity contribution in [3.05, 3.63) is 28.2 Å². The van der Waals surface area contributed by atoms with Gasteiger partial charge in [-0.2, -0.15) is 0 Å². The highest BCUT2D eigenvalue weighted by Gasteiger charge is 2.21. The fourth-order valence-corrected chi connectivity index (χ4v) is 4.61. The molecule has 7 heteroatoms. The molecule has 2 aliphatic rings. The second-order valence-electron chi connectivity index (χ2n) is 6.05. The van der Waals surface area contributed by atoms with E-state index in [1.807, 2.05) is 12.5 Å². The summed E-state index contributed by atoms with van der Waals surface area (Å²) in [6.07, 6.45) is 7.59. The first-order valence-corrected chi connectivity index (χ1v) is 9.10. The molecule has 0 amide bonds. The fourth-order valence-electron chi connectivity index (χ4n) is 3.25. The van der Waals surface area contributed by atoms with Gasteiger partial charge in [0.1, 0.15) is 5.15 Å². The third kappa shape index (κ3) is 2.87. The number of rotatable bonds is 3. The Morgan fingerprint density at radius 1 is 1.14 bits per heavy atom. The Kier molecular flexibility index (Phi) is 4.07. The third-order valence-electron chi connectivity index (χ3n) is 4.44. The number of thiazole rings is 1. The van der Waals surface area contributed by atoms with Gasteiger partial charge in [-0.1, -0.05) is 22.9 Å². The van der Waals surface area contributed by atoms with Crippen LogP contribution in [0.15, 0.2) is 12.5 Å². The lowest BCUT2D eigenvalue weighted by molar-refractivity contribution is 0.263. The first-order chi connectivity index (χ1) is 10.8. The van der Waals surface area contributed by atoms with E-state index in [0.717, 1.165) is 50.8 Å². The predicted octanol–water partition coefficient (Wildman–Crippen LogP) is 3.00. The van der Waals surface area contributed by atoms with E-state index in [9.17, 15) is 0 Å². The molecule has 0 radical (unpaired) electrons. The molecular formula is C15H20ClN5S. The monoisotopic (exact) mass is 337 g/mol. The molecule has 5 nitrogen and oxygen atoms in total. The number of hydrogen-bond donors (Lipinski definition) is 0. The van der Waals surface area contributed by atoms with Crippen molar-refractivity contribution in [2.24, 2.45) is 0 Å². The van der Waals surface area contributed by atoms with Crippen molar-refractivity contribution in [1.29, 1.82) is 0 Å². The highest BCUT2D eigenvalue weighted by molar-refractivity contribution is 7.16. The molecular weight excluding hydrogens is 318 g/mol. The summed E-state index contributed by atoms with van der Waals surface area (Å²) in [7, 11) is 0. The number of hydrogen-bond acceptors (Lipinski definition) is 5. The number of imidazole rings is 1. The highest BCUT2D eigenvalue weighted by atomic mass is 35.5. The largest absolute Gasteiger partial charge is 0.348 e. The molecule has 0 saturated carbocycles. The molecule has 1 fully saturated rings. The van der Waals surface area contributed by atoms with Crippen LogP contribution >= 0.6 is 22.9 Å². The molecule has 2 aromatic heterocycles. The predicted molar refractivity (Wildman–Crippen MR) is 89.5 cm³/mol. The van der Waals surface area contributed by atoms with Crippen molar-refractivity contribution in [1.82, 2.24) is 19.4 Å². The number of halogens is 1. The molecule has 0 aromatic carbocycles. The number of aryl methyl sites for hydroxylation is 1. The summed E-state index contributed by atoms with van der Waals surface area (Å²) < 4.78 is 2.25. The quantitative estimate of drug-likeness (QED) is 0.862. The smallest absolute Gasteiger partial charge is 0.187 e. The maximum atomic E-state index is 6.39. The van der Waals surface area contributed by atoms with Gasteiger partial charge in [0, 0.05) is 45.5 Å². The molecule has 22 heavy (non-hydrogen) atoms. The molecule has 118 valence electrons. The summed E-state index contributed by atoms with van der Waals surface area (Å²) in [6, 6.07) is 0. The Balaban J connectivity index is 1.49. The van der Waals surface area contributed by atoms with Gasteiger partial charge in [0.25, 0.3) is 0 Å². The van der Waals surface area contributed by atoms with Crippen molar-refractivity contribution in [3.8, 4) is 0 Å².